The first-order chi connectivity index (χ1) is 10.2. The molecule has 0 unspecified atom stereocenters. The molecule has 5 nitrogen and oxygen atoms in total. The SMILES string of the molecule is NCc1nc(CN2CC3(CCC3)c3c(F)cccc32)no1. The van der Waals surface area contributed by atoms with Crippen LogP contribution in [0.1, 0.15) is 36.5 Å². The second-order valence-corrected chi connectivity index (χ2v) is 5.93. The fourth-order valence-electron chi connectivity index (χ4n) is 3.59. The molecular weight excluding hydrogens is 271 g/mol. The van der Waals surface area contributed by atoms with Gasteiger partial charge in [0.25, 0.3) is 0 Å². The summed E-state index contributed by atoms with van der Waals surface area (Å²) in [6.07, 6.45) is 3.27. The van der Waals surface area contributed by atoms with Crippen LogP contribution in [0.25, 0.3) is 0 Å². The van der Waals surface area contributed by atoms with E-state index in [1.54, 1.807) is 12.1 Å². The number of nitrogens with zero attached hydrogens (tertiary/aromatic N) is 3. The van der Waals surface area contributed by atoms with Gasteiger partial charge >= 0.3 is 0 Å². The van der Waals surface area contributed by atoms with E-state index < -0.39 is 0 Å². The number of rotatable bonds is 3. The average molecular weight is 288 g/mol. The average Bonchev–Trinajstić information content (AvgIpc) is 3.02. The van der Waals surface area contributed by atoms with Crippen LogP contribution >= 0.6 is 0 Å². The molecule has 2 heterocycles. The molecule has 0 radical (unpaired) electrons. The van der Waals surface area contributed by atoms with Gasteiger partial charge in [0, 0.05) is 23.2 Å². The predicted molar refractivity (Wildman–Crippen MR) is 75.2 cm³/mol. The summed E-state index contributed by atoms with van der Waals surface area (Å²) in [6.45, 7) is 1.60. The molecule has 2 aromatic rings. The number of hydrogen-bond donors (Lipinski definition) is 1. The quantitative estimate of drug-likeness (QED) is 0.937. The van der Waals surface area contributed by atoms with Gasteiger partial charge in [0.2, 0.25) is 5.89 Å². The number of aromatic nitrogens is 2. The van der Waals surface area contributed by atoms with Crippen LogP contribution in [-0.2, 0) is 18.5 Å². The van der Waals surface area contributed by atoms with Gasteiger partial charge in [-0.15, -0.1) is 0 Å². The number of hydrogen-bond acceptors (Lipinski definition) is 5. The molecule has 2 aliphatic rings. The van der Waals surface area contributed by atoms with Crippen LogP contribution in [0.15, 0.2) is 22.7 Å². The smallest absolute Gasteiger partial charge is 0.240 e. The molecule has 0 amide bonds. The Morgan fingerprint density at radius 3 is 2.90 bits per heavy atom. The maximum Gasteiger partial charge on any atom is 0.240 e. The second-order valence-electron chi connectivity index (χ2n) is 5.93. The lowest BCUT2D eigenvalue weighted by Gasteiger charge is -2.39. The molecule has 1 aliphatic carbocycles. The van der Waals surface area contributed by atoms with E-state index in [2.05, 4.69) is 15.0 Å². The van der Waals surface area contributed by atoms with Crippen LogP contribution in [0.3, 0.4) is 0 Å². The third-order valence-corrected chi connectivity index (χ3v) is 4.68. The zero-order valence-corrected chi connectivity index (χ0v) is 11.7. The summed E-state index contributed by atoms with van der Waals surface area (Å²) < 4.78 is 19.3. The van der Waals surface area contributed by atoms with Gasteiger partial charge < -0.3 is 15.2 Å². The third kappa shape index (κ3) is 1.86. The molecule has 2 N–H and O–H groups in total. The summed E-state index contributed by atoms with van der Waals surface area (Å²) in [5.41, 5.74) is 7.31. The van der Waals surface area contributed by atoms with Crippen LogP contribution in [-0.4, -0.2) is 16.7 Å². The van der Waals surface area contributed by atoms with E-state index in [0.717, 1.165) is 30.6 Å². The van der Waals surface area contributed by atoms with Crippen molar-refractivity contribution in [2.45, 2.75) is 37.8 Å². The second kappa shape index (κ2) is 4.53. The lowest BCUT2D eigenvalue weighted by atomic mass is 9.65. The molecule has 4 rings (SSSR count). The highest BCUT2D eigenvalue weighted by Gasteiger charge is 2.48. The van der Waals surface area contributed by atoms with Crippen molar-refractivity contribution in [1.82, 2.24) is 10.1 Å². The minimum absolute atomic E-state index is 0.0128. The van der Waals surface area contributed by atoms with Gasteiger partial charge in [0.05, 0.1) is 13.1 Å². The van der Waals surface area contributed by atoms with Gasteiger partial charge in [-0.3, -0.25) is 0 Å². The zero-order chi connectivity index (χ0) is 14.4. The summed E-state index contributed by atoms with van der Waals surface area (Å²) in [6, 6.07) is 5.30. The standard InChI is InChI=1S/C15H17FN4O/c16-10-3-1-4-11-14(10)15(5-2-6-15)9-20(11)8-12-18-13(7-17)21-19-12/h1,3-4H,2,5-9,17H2. The van der Waals surface area contributed by atoms with E-state index in [0.29, 0.717) is 18.3 Å². The lowest BCUT2D eigenvalue weighted by molar-refractivity contribution is 0.255. The number of anilines is 1. The molecular formula is C15H17FN4O. The van der Waals surface area contributed by atoms with Gasteiger partial charge in [0.15, 0.2) is 5.82 Å². The molecule has 0 saturated heterocycles. The molecule has 0 bridgehead atoms. The summed E-state index contributed by atoms with van der Waals surface area (Å²) in [4.78, 5) is 6.40. The number of fused-ring (bicyclic) bond motifs is 2. The van der Waals surface area contributed by atoms with Crippen molar-refractivity contribution in [3.63, 3.8) is 0 Å². The van der Waals surface area contributed by atoms with Crippen molar-refractivity contribution in [2.24, 2.45) is 5.73 Å². The predicted octanol–water partition coefficient (Wildman–Crippen LogP) is 2.11. The number of benzene rings is 1. The Morgan fingerprint density at radius 2 is 2.24 bits per heavy atom. The first-order valence-electron chi connectivity index (χ1n) is 7.27. The summed E-state index contributed by atoms with van der Waals surface area (Å²) >= 11 is 0. The number of nitrogens with two attached hydrogens (primary N) is 1. The summed E-state index contributed by atoms with van der Waals surface area (Å²) in [5.74, 6) is 0.939. The molecule has 6 heteroatoms. The fraction of sp³-hybridized carbons (Fsp3) is 0.467. The van der Waals surface area contributed by atoms with Gasteiger partial charge in [-0.1, -0.05) is 17.6 Å². The van der Waals surface area contributed by atoms with E-state index >= 15 is 0 Å². The zero-order valence-electron chi connectivity index (χ0n) is 11.7. The Bertz CT molecular complexity index is 680. The van der Waals surface area contributed by atoms with Crippen LogP contribution in [0.4, 0.5) is 10.1 Å². The number of halogens is 1. The van der Waals surface area contributed by atoms with Crippen molar-refractivity contribution >= 4 is 5.69 Å². The van der Waals surface area contributed by atoms with Crippen molar-refractivity contribution in [3.8, 4) is 0 Å². The van der Waals surface area contributed by atoms with E-state index in [1.807, 2.05) is 6.07 Å². The Hall–Kier alpha value is -1.95. The Labute approximate surface area is 121 Å². The normalized spacial score (nSPS) is 18.9. The molecule has 1 spiro atoms. The molecule has 1 saturated carbocycles. The highest BCUT2D eigenvalue weighted by molar-refractivity contribution is 5.64. The fourth-order valence-corrected chi connectivity index (χ4v) is 3.59. The van der Waals surface area contributed by atoms with E-state index in [1.165, 1.54) is 6.42 Å². The van der Waals surface area contributed by atoms with Crippen LogP contribution in [0.2, 0.25) is 0 Å². The Kier molecular flexibility index (Phi) is 2.75. The monoisotopic (exact) mass is 288 g/mol. The molecule has 110 valence electrons. The van der Waals surface area contributed by atoms with Crippen LogP contribution < -0.4 is 10.6 Å². The minimum Gasteiger partial charge on any atom is -0.363 e. The first-order valence-corrected chi connectivity index (χ1v) is 7.27. The van der Waals surface area contributed by atoms with Crippen LogP contribution in [0.5, 0.6) is 0 Å². The molecule has 1 fully saturated rings. The maximum atomic E-state index is 14.3. The third-order valence-electron chi connectivity index (χ3n) is 4.68. The summed E-state index contributed by atoms with van der Waals surface area (Å²) in [5, 5.41) is 3.94. The highest BCUT2D eigenvalue weighted by Crippen LogP contribution is 2.53. The molecule has 1 aliphatic heterocycles. The molecule has 21 heavy (non-hydrogen) atoms. The van der Waals surface area contributed by atoms with Crippen molar-refractivity contribution < 1.29 is 8.91 Å². The van der Waals surface area contributed by atoms with Crippen molar-refractivity contribution in [3.05, 3.63) is 41.3 Å². The maximum absolute atomic E-state index is 14.3. The van der Waals surface area contributed by atoms with E-state index in [4.69, 9.17) is 10.3 Å². The van der Waals surface area contributed by atoms with Crippen LogP contribution in [0, 0.1) is 5.82 Å². The highest BCUT2D eigenvalue weighted by atomic mass is 19.1. The van der Waals surface area contributed by atoms with Crippen molar-refractivity contribution in [1.29, 1.82) is 0 Å². The minimum atomic E-state index is -0.0922. The van der Waals surface area contributed by atoms with Gasteiger partial charge in [-0.25, -0.2) is 4.39 Å². The Balaban J connectivity index is 1.67. The van der Waals surface area contributed by atoms with E-state index in [-0.39, 0.29) is 17.8 Å². The molecule has 1 aromatic heterocycles. The first kappa shape index (κ1) is 12.8. The molecule has 1 aromatic carbocycles. The summed E-state index contributed by atoms with van der Waals surface area (Å²) in [7, 11) is 0. The Morgan fingerprint density at radius 1 is 1.38 bits per heavy atom. The van der Waals surface area contributed by atoms with E-state index in [9.17, 15) is 4.39 Å². The topological polar surface area (TPSA) is 68.2 Å². The van der Waals surface area contributed by atoms with Gasteiger partial charge in [-0.2, -0.15) is 4.98 Å². The lowest BCUT2D eigenvalue weighted by Crippen LogP contribution is -2.39. The van der Waals surface area contributed by atoms with Crippen molar-refractivity contribution in [2.75, 3.05) is 11.4 Å². The molecule has 0 atom stereocenters. The largest absolute Gasteiger partial charge is 0.363 e. The van der Waals surface area contributed by atoms with Gasteiger partial charge in [-0.05, 0) is 25.0 Å². The van der Waals surface area contributed by atoms with Gasteiger partial charge in [0.1, 0.15) is 5.82 Å².